The largest absolute Gasteiger partial charge is 0.493 e. The number of ether oxygens (including phenoxy) is 2. The molecule has 1 saturated heterocycles. The molecule has 1 saturated carbocycles. The van der Waals surface area contributed by atoms with E-state index in [1.54, 1.807) is 23.1 Å². The quantitative estimate of drug-likeness (QED) is 0.680. The van der Waals surface area contributed by atoms with Gasteiger partial charge >= 0.3 is 6.09 Å². The number of nitrogens with two attached hydrogens (primary N) is 1. The molecular formula is C25H27N3O5. The van der Waals surface area contributed by atoms with E-state index in [1.165, 1.54) is 0 Å². The molecule has 0 aromatic heterocycles. The molecule has 1 spiro atoms. The van der Waals surface area contributed by atoms with Crippen LogP contribution < -0.4 is 10.5 Å². The van der Waals surface area contributed by atoms with Crippen LogP contribution in [0.25, 0.3) is 0 Å². The van der Waals surface area contributed by atoms with Gasteiger partial charge in [0.25, 0.3) is 5.91 Å². The summed E-state index contributed by atoms with van der Waals surface area (Å²) in [5, 5.41) is 0. The van der Waals surface area contributed by atoms with Crippen LogP contribution in [0, 0.1) is 5.92 Å². The summed E-state index contributed by atoms with van der Waals surface area (Å²) in [5.74, 6) is 0.0563. The molecule has 2 atom stereocenters. The smallest absolute Gasteiger partial charge is 0.418 e. The number of carbonyl (C=O) groups excluding carboxylic acids is 3. The monoisotopic (exact) mass is 449 g/mol. The molecule has 1 aliphatic carbocycles. The van der Waals surface area contributed by atoms with E-state index in [0.717, 1.165) is 23.3 Å². The Bertz CT molecular complexity index is 1100. The van der Waals surface area contributed by atoms with Crippen LogP contribution in [0.5, 0.6) is 5.75 Å². The minimum absolute atomic E-state index is 0.0205. The Balaban J connectivity index is 1.39. The summed E-state index contributed by atoms with van der Waals surface area (Å²) >= 11 is 0. The SMILES string of the molecule is C[C@@H](C1CC1)N(Cc1ccccc1)C(=O)CN1C(=O)OC2(CCOc3cc(N)ccc32)C1=O. The zero-order valence-electron chi connectivity index (χ0n) is 18.5. The highest BCUT2D eigenvalue weighted by atomic mass is 16.6. The molecular weight excluding hydrogens is 422 g/mol. The number of carbonyl (C=O) groups is 3. The first-order valence-corrected chi connectivity index (χ1v) is 11.3. The van der Waals surface area contributed by atoms with E-state index in [2.05, 4.69) is 0 Å². The number of anilines is 1. The first-order chi connectivity index (χ1) is 15.9. The van der Waals surface area contributed by atoms with Gasteiger partial charge in [-0.15, -0.1) is 0 Å². The van der Waals surface area contributed by atoms with Crippen molar-refractivity contribution < 1.29 is 23.9 Å². The second-order valence-corrected chi connectivity index (χ2v) is 9.03. The van der Waals surface area contributed by atoms with Crippen molar-refractivity contribution >= 4 is 23.6 Å². The van der Waals surface area contributed by atoms with Gasteiger partial charge in [-0.2, -0.15) is 0 Å². The lowest BCUT2D eigenvalue weighted by molar-refractivity contribution is -0.144. The minimum atomic E-state index is -1.48. The molecule has 5 rings (SSSR count). The lowest BCUT2D eigenvalue weighted by atomic mass is 9.87. The van der Waals surface area contributed by atoms with Gasteiger partial charge in [0.05, 0.1) is 6.61 Å². The lowest BCUT2D eigenvalue weighted by Gasteiger charge is -2.32. The van der Waals surface area contributed by atoms with Gasteiger partial charge in [-0.25, -0.2) is 9.69 Å². The van der Waals surface area contributed by atoms with E-state index in [-0.39, 0.29) is 31.5 Å². The molecule has 2 aliphatic heterocycles. The van der Waals surface area contributed by atoms with E-state index in [4.69, 9.17) is 15.2 Å². The Morgan fingerprint density at radius 1 is 1.21 bits per heavy atom. The Labute approximate surface area is 192 Å². The van der Waals surface area contributed by atoms with Crippen LogP contribution in [-0.4, -0.2) is 46.9 Å². The third-order valence-corrected chi connectivity index (χ3v) is 6.83. The first kappa shape index (κ1) is 21.3. The fraction of sp³-hybridized carbons (Fsp3) is 0.400. The molecule has 2 fully saturated rings. The maximum absolute atomic E-state index is 13.5. The van der Waals surface area contributed by atoms with Crippen LogP contribution in [0.3, 0.4) is 0 Å². The average molecular weight is 450 g/mol. The van der Waals surface area contributed by atoms with Crippen molar-refractivity contribution in [2.75, 3.05) is 18.9 Å². The number of nitrogens with zero attached hydrogens (tertiary/aromatic N) is 2. The molecule has 3 amide bonds. The number of nitrogen functional groups attached to an aromatic ring is 1. The number of hydrogen-bond acceptors (Lipinski definition) is 6. The second kappa shape index (κ2) is 8.10. The summed E-state index contributed by atoms with van der Waals surface area (Å²) in [6, 6.07) is 14.7. The van der Waals surface area contributed by atoms with Crippen LogP contribution in [-0.2, 0) is 26.5 Å². The molecule has 8 nitrogen and oxygen atoms in total. The normalized spacial score (nSPS) is 22.5. The summed E-state index contributed by atoms with van der Waals surface area (Å²) in [7, 11) is 0. The van der Waals surface area contributed by atoms with Crippen molar-refractivity contribution in [1.29, 1.82) is 0 Å². The van der Waals surface area contributed by atoms with Gasteiger partial charge in [-0.3, -0.25) is 9.59 Å². The van der Waals surface area contributed by atoms with Crippen LogP contribution in [0.4, 0.5) is 10.5 Å². The van der Waals surface area contributed by atoms with E-state index < -0.39 is 17.6 Å². The van der Waals surface area contributed by atoms with Crippen molar-refractivity contribution in [1.82, 2.24) is 9.80 Å². The zero-order valence-corrected chi connectivity index (χ0v) is 18.5. The van der Waals surface area contributed by atoms with Crippen molar-refractivity contribution in [3.63, 3.8) is 0 Å². The molecule has 0 radical (unpaired) electrons. The zero-order chi connectivity index (χ0) is 23.2. The third kappa shape index (κ3) is 3.79. The Hall–Kier alpha value is -3.55. The van der Waals surface area contributed by atoms with Gasteiger partial charge in [-0.05, 0) is 43.4 Å². The van der Waals surface area contributed by atoms with Crippen LogP contribution >= 0.6 is 0 Å². The molecule has 0 bridgehead atoms. The van der Waals surface area contributed by atoms with Gasteiger partial charge in [0, 0.05) is 36.3 Å². The molecule has 2 aromatic rings. The molecule has 1 unspecified atom stereocenters. The van der Waals surface area contributed by atoms with E-state index in [0.29, 0.717) is 29.5 Å². The van der Waals surface area contributed by atoms with Crippen LogP contribution in [0.2, 0.25) is 0 Å². The number of amides is 3. The van der Waals surface area contributed by atoms with Crippen LogP contribution in [0.1, 0.15) is 37.3 Å². The number of benzene rings is 2. The molecule has 2 aromatic carbocycles. The summed E-state index contributed by atoms with van der Waals surface area (Å²) in [6.07, 6.45) is 1.53. The van der Waals surface area contributed by atoms with Crippen molar-refractivity contribution in [2.24, 2.45) is 5.92 Å². The van der Waals surface area contributed by atoms with Gasteiger partial charge in [-0.1, -0.05) is 30.3 Å². The van der Waals surface area contributed by atoms with Gasteiger partial charge in [0.15, 0.2) is 0 Å². The summed E-state index contributed by atoms with van der Waals surface area (Å²) in [6.45, 7) is 2.31. The molecule has 33 heavy (non-hydrogen) atoms. The van der Waals surface area contributed by atoms with E-state index in [9.17, 15) is 14.4 Å². The highest BCUT2D eigenvalue weighted by Gasteiger charge is 2.58. The number of imide groups is 1. The maximum Gasteiger partial charge on any atom is 0.418 e. The average Bonchev–Trinajstić information content (AvgIpc) is 3.63. The number of fused-ring (bicyclic) bond motifs is 2. The standard InChI is InChI=1S/C25H27N3O5/c1-16(18-7-8-18)27(14-17-5-3-2-4-6-17)22(29)15-28-23(30)25(33-24(28)31)11-12-32-21-13-19(26)9-10-20(21)25/h2-6,9-10,13,16,18H,7-8,11-12,14-15,26H2,1H3/t16-,25?/m0/s1. The van der Waals surface area contributed by atoms with E-state index >= 15 is 0 Å². The van der Waals surface area contributed by atoms with Crippen molar-refractivity contribution in [3.05, 3.63) is 59.7 Å². The predicted molar refractivity (Wildman–Crippen MR) is 120 cm³/mol. The third-order valence-electron chi connectivity index (χ3n) is 6.83. The van der Waals surface area contributed by atoms with Gasteiger partial charge in [0.1, 0.15) is 12.3 Å². The number of rotatable bonds is 6. The molecule has 172 valence electrons. The second-order valence-electron chi connectivity index (χ2n) is 9.03. The molecule has 8 heteroatoms. The summed E-state index contributed by atoms with van der Waals surface area (Å²) in [5.41, 5.74) is 6.31. The highest BCUT2D eigenvalue weighted by Crippen LogP contribution is 2.45. The number of hydrogen-bond donors (Lipinski definition) is 1. The van der Waals surface area contributed by atoms with Crippen molar-refractivity contribution in [3.8, 4) is 5.75 Å². The summed E-state index contributed by atoms with van der Waals surface area (Å²) in [4.78, 5) is 42.4. The first-order valence-electron chi connectivity index (χ1n) is 11.3. The topological polar surface area (TPSA) is 102 Å². The molecule has 2 heterocycles. The van der Waals surface area contributed by atoms with Gasteiger partial charge < -0.3 is 20.1 Å². The van der Waals surface area contributed by atoms with Crippen LogP contribution in [0.15, 0.2) is 48.5 Å². The predicted octanol–water partition coefficient (Wildman–Crippen LogP) is 3.05. The Morgan fingerprint density at radius 2 is 1.97 bits per heavy atom. The molecule has 3 aliphatic rings. The highest BCUT2D eigenvalue weighted by molar-refractivity contribution is 6.06. The maximum atomic E-state index is 13.5. The Morgan fingerprint density at radius 3 is 2.70 bits per heavy atom. The lowest BCUT2D eigenvalue weighted by Crippen LogP contribution is -2.48. The van der Waals surface area contributed by atoms with Crippen molar-refractivity contribution in [2.45, 2.75) is 44.4 Å². The fourth-order valence-electron chi connectivity index (χ4n) is 4.74. The summed E-state index contributed by atoms with van der Waals surface area (Å²) < 4.78 is 11.3. The Kier molecular flexibility index (Phi) is 5.23. The fourth-order valence-corrected chi connectivity index (χ4v) is 4.74. The van der Waals surface area contributed by atoms with Gasteiger partial charge in [0.2, 0.25) is 11.5 Å². The van der Waals surface area contributed by atoms with E-state index in [1.807, 2.05) is 37.3 Å². The minimum Gasteiger partial charge on any atom is -0.493 e. The molecule has 2 N–H and O–H groups in total.